The quantitative estimate of drug-likeness (QED) is 0.326. The van der Waals surface area contributed by atoms with Gasteiger partial charge in [-0.05, 0) is 18.5 Å². The van der Waals surface area contributed by atoms with E-state index in [-0.39, 0.29) is 132 Å². The van der Waals surface area contributed by atoms with Crippen LogP contribution in [-0.4, -0.2) is 151 Å². The molecule has 0 unspecified atom stereocenters. The maximum absolute atomic E-state index is 8.33. The monoisotopic (exact) mass is 446 g/mol. The van der Waals surface area contributed by atoms with Gasteiger partial charge in [-0.2, -0.15) is 0 Å². The molecule has 0 heterocycles. The third kappa shape index (κ3) is 714. The molecule has 0 aromatic heterocycles. The van der Waals surface area contributed by atoms with Crippen LogP contribution in [-0.2, 0) is 0 Å². The smallest absolute Gasteiger partial charge is 0.652 e. The largest absolute Gasteiger partial charge is 2.00 e. The van der Waals surface area contributed by atoms with Crippen LogP contribution in [0.15, 0.2) is 0 Å². The third-order valence-electron chi connectivity index (χ3n) is 0. The fraction of sp³-hybridized carbons (Fsp3) is 0. The SMILES string of the molecule is O=C([O-])[O-].O=C([O-])[O-].O=C([O-])[O-].[Ba+2].[Ca+2].[Sr+2]. The van der Waals surface area contributed by atoms with E-state index in [4.69, 9.17) is 45.0 Å². The molecule has 0 N–H and O–H groups in total. The van der Waals surface area contributed by atoms with E-state index < -0.39 is 18.5 Å². The first-order chi connectivity index (χ1) is 5.20. The van der Waals surface area contributed by atoms with Crippen LogP contribution >= 0.6 is 0 Å². The summed E-state index contributed by atoms with van der Waals surface area (Å²) in [7, 11) is 0. The minimum atomic E-state index is -2.33. The average Bonchev–Trinajstić information content (AvgIpc) is 1.54. The summed E-state index contributed by atoms with van der Waals surface area (Å²) in [6.07, 6.45) is -7.00. The minimum absolute atomic E-state index is 0. The van der Waals surface area contributed by atoms with Crippen LogP contribution in [0.3, 0.4) is 0 Å². The zero-order valence-electron chi connectivity index (χ0n) is 7.30. The summed E-state index contributed by atoms with van der Waals surface area (Å²) in [6, 6.07) is 0. The van der Waals surface area contributed by atoms with E-state index in [1.54, 1.807) is 0 Å². The van der Waals surface area contributed by atoms with Crippen molar-refractivity contribution in [1.82, 2.24) is 0 Å². The van der Waals surface area contributed by atoms with Crippen molar-refractivity contribution in [3.05, 3.63) is 0 Å². The Balaban J connectivity index is -0.0000000184. The number of hydrogen-bond donors (Lipinski definition) is 0. The van der Waals surface area contributed by atoms with Crippen LogP contribution in [0.1, 0.15) is 0 Å². The predicted molar refractivity (Wildman–Crippen MR) is 33.4 cm³/mol. The molecular weight excluding hydrogens is 445 g/mol. The van der Waals surface area contributed by atoms with E-state index in [0.29, 0.717) is 0 Å². The van der Waals surface area contributed by atoms with Gasteiger partial charge in [-0.15, -0.1) is 0 Å². The van der Waals surface area contributed by atoms with Gasteiger partial charge in [0.15, 0.2) is 0 Å². The van der Waals surface area contributed by atoms with Gasteiger partial charge in [-0.3, -0.25) is 0 Å². The first-order valence-electron chi connectivity index (χ1n) is 1.84. The van der Waals surface area contributed by atoms with E-state index in [1.807, 2.05) is 0 Å². The van der Waals surface area contributed by atoms with Gasteiger partial charge >= 0.3 is 132 Å². The predicted octanol–water partition coefficient (Wildman–Crippen LogP) is -8.48. The molecule has 0 saturated heterocycles. The molecule has 0 atom stereocenters. The molecule has 0 radical (unpaired) electrons. The normalized spacial score (nSPS) is 4.80. The molecule has 72 valence electrons. The van der Waals surface area contributed by atoms with Crippen molar-refractivity contribution in [1.29, 1.82) is 0 Å². The Kier molecular flexibility index (Phi) is 71.5. The molecule has 0 aliphatic carbocycles. The molecule has 0 aliphatic rings. The van der Waals surface area contributed by atoms with E-state index >= 15 is 0 Å². The van der Waals surface area contributed by atoms with Crippen molar-refractivity contribution in [3.8, 4) is 0 Å². The molecule has 0 spiro atoms. The first-order valence-corrected chi connectivity index (χ1v) is 1.84. The van der Waals surface area contributed by atoms with Crippen LogP contribution < -0.4 is 30.6 Å². The Morgan fingerprint density at radius 1 is 0.600 bits per heavy atom. The Bertz CT molecular complexity index is 123. The summed E-state index contributed by atoms with van der Waals surface area (Å²) in [5, 5.41) is 50.0. The Labute approximate surface area is 191 Å². The molecule has 0 fully saturated rings. The van der Waals surface area contributed by atoms with Crippen molar-refractivity contribution < 1.29 is 45.0 Å². The van der Waals surface area contributed by atoms with Crippen LogP contribution in [0.2, 0.25) is 0 Å². The Morgan fingerprint density at radius 2 is 0.600 bits per heavy atom. The molecule has 0 aromatic rings. The number of carboxylic acid groups (broad SMARTS) is 6. The maximum Gasteiger partial charge on any atom is 2.00 e. The zero-order valence-corrected chi connectivity index (χ0v) is 17.4. The fourth-order valence-electron chi connectivity index (χ4n) is 0. The molecule has 0 rings (SSSR count). The van der Waals surface area contributed by atoms with Crippen LogP contribution in [0, 0.1) is 0 Å². The molecular formula is C3BaCaO9Sr. The van der Waals surface area contributed by atoms with Gasteiger partial charge < -0.3 is 45.0 Å². The van der Waals surface area contributed by atoms with Crippen molar-refractivity contribution in [3.63, 3.8) is 0 Å². The van der Waals surface area contributed by atoms with E-state index in [2.05, 4.69) is 0 Å². The second-order valence-electron chi connectivity index (χ2n) is 0.750. The van der Waals surface area contributed by atoms with E-state index in [9.17, 15) is 0 Å². The summed E-state index contributed by atoms with van der Waals surface area (Å²) in [5.41, 5.74) is 0. The molecule has 0 aliphatic heterocycles. The van der Waals surface area contributed by atoms with Crippen molar-refractivity contribution in [2.24, 2.45) is 0 Å². The van der Waals surface area contributed by atoms with Crippen LogP contribution in [0.5, 0.6) is 0 Å². The Morgan fingerprint density at radius 3 is 0.600 bits per heavy atom. The van der Waals surface area contributed by atoms with Gasteiger partial charge in [0.05, 0.1) is 0 Å². The van der Waals surface area contributed by atoms with Crippen molar-refractivity contribution in [2.75, 3.05) is 0 Å². The van der Waals surface area contributed by atoms with Crippen LogP contribution in [0.4, 0.5) is 14.4 Å². The van der Waals surface area contributed by atoms with Gasteiger partial charge in [0.1, 0.15) is 0 Å². The first kappa shape index (κ1) is 36.0. The third-order valence-corrected chi connectivity index (χ3v) is 0. The summed E-state index contributed by atoms with van der Waals surface area (Å²) in [4.78, 5) is 25.0. The Hall–Kier alpha value is 2.12. The summed E-state index contributed by atoms with van der Waals surface area (Å²) < 4.78 is 0. The van der Waals surface area contributed by atoms with Gasteiger partial charge in [0, 0.05) is 0 Å². The molecule has 0 amide bonds. The molecule has 0 bridgehead atoms. The standard InChI is InChI=1S/3CH2O3.Ba.Ca.Sr/c3*2-1(3)4;;;/h3*(H2,2,3,4);;;/q;;;3*+2/p-6. The minimum Gasteiger partial charge on any atom is -0.652 e. The topological polar surface area (TPSA) is 190 Å². The number of rotatable bonds is 0. The van der Waals surface area contributed by atoms with Crippen molar-refractivity contribution in [2.45, 2.75) is 0 Å². The second-order valence-corrected chi connectivity index (χ2v) is 0.750. The van der Waals surface area contributed by atoms with Gasteiger partial charge in [-0.1, -0.05) is 0 Å². The summed E-state index contributed by atoms with van der Waals surface area (Å²) >= 11 is 0. The van der Waals surface area contributed by atoms with Crippen LogP contribution in [0.25, 0.3) is 0 Å². The summed E-state index contributed by atoms with van der Waals surface area (Å²) in [6.45, 7) is 0. The molecule has 9 nitrogen and oxygen atoms in total. The number of hydrogen-bond acceptors (Lipinski definition) is 9. The molecule has 0 saturated carbocycles. The fourth-order valence-corrected chi connectivity index (χ4v) is 0. The summed E-state index contributed by atoms with van der Waals surface area (Å²) in [5.74, 6) is 0. The molecule has 15 heavy (non-hydrogen) atoms. The van der Waals surface area contributed by atoms with E-state index in [0.717, 1.165) is 0 Å². The van der Waals surface area contributed by atoms with Gasteiger partial charge in [0.2, 0.25) is 0 Å². The van der Waals surface area contributed by atoms with E-state index in [1.165, 1.54) is 0 Å². The molecule has 0 aromatic carbocycles. The van der Waals surface area contributed by atoms with Gasteiger partial charge in [-0.25, -0.2) is 0 Å². The maximum atomic E-state index is 8.33. The second kappa shape index (κ2) is 29.8. The molecule has 12 heteroatoms. The number of carbonyl (C=O) groups excluding carboxylic acids is 3. The number of carbonyl (C=O) groups is 3. The average molecular weight is 445 g/mol. The zero-order chi connectivity index (χ0) is 10.7. The van der Waals surface area contributed by atoms with Crippen molar-refractivity contribution >= 4 is 151 Å². The van der Waals surface area contributed by atoms with Gasteiger partial charge in [0.25, 0.3) is 0 Å².